The van der Waals surface area contributed by atoms with Crippen molar-refractivity contribution in [2.45, 2.75) is 38.0 Å². The van der Waals surface area contributed by atoms with E-state index < -0.39 is 0 Å². The monoisotopic (exact) mass is 312 g/mol. The highest BCUT2D eigenvalue weighted by molar-refractivity contribution is 8.00. The summed E-state index contributed by atoms with van der Waals surface area (Å²) in [5.74, 6) is 1.98. The van der Waals surface area contributed by atoms with Crippen molar-refractivity contribution in [1.29, 1.82) is 0 Å². The normalized spacial score (nSPS) is 21.0. The Kier molecular flexibility index (Phi) is 5.22. The van der Waals surface area contributed by atoms with Gasteiger partial charge in [0.25, 0.3) is 0 Å². The highest BCUT2D eigenvalue weighted by Gasteiger charge is 2.31. The summed E-state index contributed by atoms with van der Waals surface area (Å²) in [4.78, 5) is 2.49. The number of ether oxygens (including phenoxy) is 1. The zero-order valence-electron chi connectivity index (χ0n) is 13.8. The molecule has 1 aliphatic rings. The lowest BCUT2D eigenvalue weighted by molar-refractivity contribution is 0.205. The van der Waals surface area contributed by atoms with Gasteiger partial charge in [-0.25, -0.2) is 4.68 Å². The molecular formula is C15H28N4OS. The van der Waals surface area contributed by atoms with Crippen molar-refractivity contribution >= 4 is 11.8 Å². The Labute approximate surface area is 132 Å². The van der Waals surface area contributed by atoms with Gasteiger partial charge in [0, 0.05) is 37.2 Å². The topological polar surface area (TPSA) is 56.3 Å². The van der Waals surface area contributed by atoms with Crippen molar-refractivity contribution in [2.75, 3.05) is 32.5 Å². The van der Waals surface area contributed by atoms with Gasteiger partial charge >= 0.3 is 0 Å². The van der Waals surface area contributed by atoms with Crippen LogP contribution in [0.1, 0.15) is 37.6 Å². The molecule has 1 aromatic heterocycles. The molecule has 0 aliphatic carbocycles. The Balaban J connectivity index is 2.27. The Hall–Kier alpha value is -0.720. The molecule has 1 atom stereocenters. The van der Waals surface area contributed by atoms with E-state index in [1.165, 1.54) is 6.42 Å². The Morgan fingerprint density at radius 1 is 1.43 bits per heavy atom. The number of aryl methyl sites for hydroxylation is 2. The number of aromatic nitrogens is 2. The molecule has 1 aliphatic heterocycles. The van der Waals surface area contributed by atoms with Crippen LogP contribution in [0.15, 0.2) is 0 Å². The van der Waals surface area contributed by atoms with Crippen molar-refractivity contribution in [2.24, 2.45) is 12.8 Å². The van der Waals surface area contributed by atoms with E-state index >= 15 is 0 Å². The highest BCUT2D eigenvalue weighted by atomic mass is 32.2. The molecule has 1 aromatic rings. The van der Waals surface area contributed by atoms with E-state index in [1.807, 2.05) is 18.7 Å². The van der Waals surface area contributed by atoms with Crippen LogP contribution in [-0.2, 0) is 7.05 Å². The van der Waals surface area contributed by atoms with E-state index in [9.17, 15) is 0 Å². The average Bonchev–Trinajstić information content (AvgIpc) is 2.57. The van der Waals surface area contributed by atoms with Gasteiger partial charge in [0.15, 0.2) is 0 Å². The van der Waals surface area contributed by atoms with Gasteiger partial charge in [0.2, 0.25) is 5.88 Å². The summed E-state index contributed by atoms with van der Waals surface area (Å²) >= 11 is 2.05. The molecule has 2 heterocycles. The van der Waals surface area contributed by atoms with Crippen molar-refractivity contribution in [3.8, 4) is 5.88 Å². The lowest BCUT2D eigenvalue weighted by atomic mass is 10.0. The molecule has 0 radical (unpaired) electrons. The van der Waals surface area contributed by atoms with Gasteiger partial charge in [-0.05, 0) is 13.3 Å². The average molecular weight is 312 g/mol. The molecule has 0 saturated carbocycles. The van der Waals surface area contributed by atoms with E-state index in [-0.39, 0.29) is 6.04 Å². The van der Waals surface area contributed by atoms with E-state index in [4.69, 9.17) is 10.5 Å². The van der Waals surface area contributed by atoms with Crippen LogP contribution in [0.25, 0.3) is 0 Å². The van der Waals surface area contributed by atoms with Gasteiger partial charge in [0.05, 0.1) is 24.4 Å². The van der Waals surface area contributed by atoms with Crippen LogP contribution in [-0.4, -0.2) is 51.9 Å². The third-order valence-electron chi connectivity index (χ3n) is 4.28. The smallest absolute Gasteiger partial charge is 0.216 e. The van der Waals surface area contributed by atoms with Gasteiger partial charge in [0.1, 0.15) is 0 Å². The maximum absolute atomic E-state index is 6.11. The molecule has 1 unspecified atom stereocenters. The molecule has 21 heavy (non-hydrogen) atoms. The number of nitrogens with two attached hydrogens (primary N) is 1. The van der Waals surface area contributed by atoms with Crippen molar-refractivity contribution in [1.82, 2.24) is 14.7 Å². The molecule has 120 valence electrons. The van der Waals surface area contributed by atoms with Crippen LogP contribution in [0.5, 0.6) is 5.88 Å². The summed E-state index contributed by atoms with van der Waals surface area (Å²) < 4.78 is 7.71. The van der Waals surface area contributed by atoms with Crippen LogP contribution >= 0.6 is 11.8 Å². The summed E-state index contributed by atoms with van der Waals surface area (Å²) in [7, 11) is 3.62. The Morgan fingerprint density at radius 2 is 2.14 bits per heavy atom. The van der Waals surface area contributed by atoms with Gasteiger partial charge in [-0.3, -0.25) is 4.90 Å². The molecule has 6 heteroatoms. The quantitative estimate of drug-likeness (QED) is 0.921. The minimum atomic E-state index is 0.183. The molecule has 0 aromatic carbocycles. The Bertz CT molecular complexity index is 486. The molecule has 1 fully saturated rings. The first-order chi connectivity index (χ1) is 9.89. The maximum atomic E-state index is 6.11. The van der Waals surface area contributed by atoms with E-state index in [1.54, 1.807) is 7.11 Å². The van der Waals surface area contributed by atoms with Crippen LogP contribution < -0.4 is 10.5 Å². The van der Waals surface area contributed by atoms with Crippen LogP contribution in [0.2, 0.25) is 0 Å². The fourth-order valence-electron chi connectivity index (χ4n) is 3.08. The fourth-order valence-corrected chi connectivity index (χ4v) is 4.19. The predicted octanol–water partition coefficient (Wildman–Crippen LogP) is 1.95. The van der Waals surface area contributed by atoms with E-state index in [2.05, 4.69) is 35.6 Å². The minimum absolute atomic E-state index is 0.183. The molecule has 2 rings (SSSR count). The number of thioether (sulfide) groups is 1. The molecule has 0 spiro atoms. The number of hydrogen-bond acceptors (Lipinski definition) is 5. The van der Waals surface area contributed by atoms with Crippen LogP contribution in [0.3, 0.4) is 0 Å². The van der Waals surface area contributed by atoms with Gasteiger partial charge in [-0.15, -0.1) is 0 Å². The molecule has 5 nitrogen and oxygen atoms in total. The SMILES string of the molecule is COc1c(C(CN)N2CCSC(C)(C)CC2)c(C)nn1C. The first-order valence-electron chi connectivity index (χ1n) is 7.55. The van der Waals surface area contributed by atoms with E-state index in [0.29, 0.717) is 11.3 Å². The fraction of sp³-hybridized carbons (Fsp3) is 0.800. The minimum Gasteiger partial charge on any atom is -0.481 e. The second-order valence-electron chi connectivity index (χ2n) is 6.28. The second-order valence-corrected chi connectivity index (χ2v) is 8.08. The van der Waals surface area contributed by atoms with Crippen molar-refractivity contribution < 1.29 is 4.74 Å². The largest absolute Gasteiger partial charge is 0.481 e. The summed E-state index contributed by atoms with van der Waals surface area (Å²) in [6, 6.07) is 0.183. The predicted molar refractivity (Wildman–Crippen MR) is 89.0 cm³/mol. The first-order valence-corrected chi connectivity index (χ1v) is 8.53. The lowest BCUT2D eigenvalue weighted by Crippen LogP contribution is -2.36. The summed E-state index contributed by atoms with van der Waals surface area (Å²) in [5.41, 5.74) is 8.28. The molecule has 1 saturated heterocycles. The van der Waals surface area contributed by atoms with Gasteiger partial charge < -0.3 is 10.5 Å². The maximum Gasteiger partial charge on any atom is 0.216 e. The standard InChI is InChI=1S/C15H28N4OS/c1-11-13(14(20-5)18(4)17-11)12(10-16)19-7-6-15(2,3)21-9-8-19/h12H,6-10,16H2,1-5H3. The van der Waals surface area contributed by atoms with Gasteiger partial charge in [-0.1, -0.05) is 13.8 Å². The van der Waals surface area contributed by atoms with Gasteiger partial charge in [-0.2, -0.15) is 16.9 Å². The summed E-state index contributed by atoms with van der Waals surface area (Å²) in [6.07, 6.45) is 1.18. The van der Waals surface area contributed by atoms with Crippen LogP contribution in [0, 0.1) is 6.92 Å². The highest BCUT2D eigenvalue weighted by Crippen LogP contribution is 2.36. The first kappa shape index (κ1) is 16.6. The number of nitrogens with zero attached hydrogens (tertiary/aromatic N) is 3. The third-order valence-corrected chi connectivity index (χ3v) is 5.65. The van der Waals surface area contributed by atoms with Crippen LogP contribution in [0.4, 0.5) is 0 Å². The Morgan fingerprint density at radius 3 is 2.76 bits per heavy atom. The lowest BCUT2D eigenvalue weighted by Gasteiger charge is -2.30. The molecular weight excluding hydrogens is 284 g/mol. The molecule has 0 amide bonds. The van der Waals surface area contributed by atoms with Crippen molar-refractivity contribution in [3.63, 3.8) is 0 Å². The number of hydrogen-bond donors (Lipinski definition) is 1. The second kappa shape index (κ2) is 6.58. The third kappa shape index (κ3) is 3.55. The van der Waals surface area contributed by atoms with Crippen molar-refractivity contribution in [3.05, 3.63) is 11.3 Å². The summed E-state index contributed by atoms with van der Waals surface area (Å²) in [6.45, 7) is 9.42. The zero-order valence-corrected chi connectivity index (χ0v) is 14.7. The molecule has 0 bridgehead atoms. The summed E-state index contributed by atoms with van der Waals surface area (Å²) in [5, 5.41) is 4.50. The zero-order chi connectivity index (χ0) is 15.6. The van der Waals surface area contributed by atoms with E-state index in [0.717, 1.165) is 36.0 Å². The number of rotatable bonds is 4. The molecule has 2 N–H and O–H groups in total. The number of methoxy groups -OCH3 is 1.